The summed E-state index contributed by atoms with van der Waals surface area (Å²) < 4.78 is 4.86. The van der Waals surface area contributed by atoms with Crippen LogP contribution in [-0.2, 0) is 16.0 Å². The minimum absolute atomic E-state index is 0.163. The van der Waals surface area contributed by atoms with Crippen LogP contribution < -0.4 is 4.74 Å². The summed E-state index contributed by atoms with van der Waals surface area (Å²) in [6.45, 7) is 1.28. The number of carbonyl (C=O) groups excluding carboxylic acids is 1. The Labute approximate surface area is 92.3 Å². The highest BCUT2D eigenvalue weighted by Gasteiger charge is 2.14. The molecule has 0 amide bonds. The second-order valence-electron chi connectivity index (χ2n) is 3.28. The number of aliphatic hydroxyl groups is 1. The van der Waals surface area contributed by atoms with E-state index in [1.807, 2.05) is 0 Å². The highest BCUT2D eigenvalue weighted by atomic mass is 16.5. The van der Waals surface area contributed by atoms with Gasteiger partial charge in [0.15, 0.2) is 0 Å². The van der Waals surface area contributed by atoms with Crippen molar-refractivity contribution in [3.8, 4) is 5.75 Å². The molecule has 86 valence electrons. The minimum atomic E-state index is -1.24. The number of esters is 1. The van der Waals surface area contributed by atoms with E-state index in [-0.39, 0.29) is 12.2 Å². The molecule has 0 saturated heterocycles. The fourth-order valence-corrected chi connectivity index (χ4v) is 1.11. The van der Waals surface area contributed by atoms with Crippen LogP contribution in [0.2, 0.25) is 0 Å². The molecule has 5 nitrogen and oxygen atoms in total. The lowest BCUT2D eigenvalue weighted by molar-refractivity contribution is -0.143. The van der Waals surface area contributed by atoms with Gasteiger partial charge in [0.2, 0.25) is 0 Å². The summed E-state index contributed by atoms with van der Waals surface area (Å²) in [4.78, 5) is 21.7. The van der Waals surface area contributed by atoms with E-state index >= 15 is 0 Å². The van der Waals surface area contributed by atoms with Gasteiger partial charge in [0, 0.05) is 5.56 Å². The van der Waals surface area contributed by atoms with Crippen molar-refractivity contribution in [3.63, 3.8) is 0 Å². The van der Waals surface area contributed by atoms with Crippen LogP contribution >= 0.6 is 0 Å². The highest BCUT2D eigenvalue weighted by molar-refractivity contribution is 5.78. The maximum absolute atomic E-state index is 11.1. The Bertz CT molecular complexity index is 397. The Hall–Kier alpha value is -1.88. The first-order valence-electron chi connectivity index (χ1n) is 4.70. The molecular weight excluding hydrogens is 212 g/mol. The van der Waals surface area contributed by atoms with Crippen LogP contribution in [0.3, 0.4) is 0 Å². The molecule has 0 aliphatic carbocycles. The molecule has 0 aliphatic rings. The zero-order chi connectivity index (χ0) is 12.1. The van der Waals surface area contributed by atoms with Gasteiger partial charge in [0.25, 0.3) is 0 Å². The summed E-state index contributed by atoms with van der Waals surface area (Å²) >= 11 is 0. The number of hydrogen-bond donors (Lipinski definition) is 2. The number of hydrogen-bond acceptors (Lipinski definition) is 4. The predicted molar refractivity (Wildman–Crippen MR) is 55.1 cm³/mol. The number of rotatable bonds is 4. The first kappa shape index (κ1) is 12.2. The molecule has 16 heavy (non-hydrogen) atoms. The van der Waals surface area contributed by atoms with Crippen molar-refractivity contribution in [2.45, 2.75) is 19.4 Å². The second-order valence-corrected chi connectivity index (χ2v) is 3.28. The van der Waals surface area contributed by atoms with E-state index in [2.05, 4.69) is 0 Å². The smallest absolute Gasteiger partial charge is 0.340 e. The average Bonchev–Trinajstić information content (AvgIpc) is 2.20. The SMILES string of the molecule is CC(O)C(=O)Oc1ccccc1CC(=O)O. The van der Waals surface area contributed by atoms with E-state index < -0.39 is 18.0 Å². The van der Waals surface area contributed by atoms with Gasteiger partial charge < -0.3 is 14.9 Å². The molecule has 0 bridgehead atoms. The number of aliphatic carboxylic acids is 1. The summed E-state index contributed by atoms with van der Waals surface area (Å²) in [6, 6.07) is 6.31. The van der Waals surface area contributed by atoms with Crippen molar-refractivity contribution in [1.82, 2.24) is 0 Å². The number of carbonyl (C=O) groups is 2. The van der Waals surface area contributed by atoms with Gasteiger partial charge in [-0.1, -0.05) is 18.2 Å². The summed E-state index contributed by atoms with van der Waals surface area (Å²) in [5.74, 6) is -1.66. The third-order valence-electron chi connectivity index (χ3n) is 1.87. The van der Waals surface area contributed by atoms with Crippen LogP contribution in [-0.4, -0.2) is 28.3 Å². The summed E-state index contributed by atoms with van der Waals surface area (Å²) in [5, 5.41) is 17.6. The van der Waals surface area contributed by atoms with Crippen LogP contribution in [0, 0.1) is 0 Å². The zero-order valence-corrected chi connectivity index (χ0v) is 8.71. The van der Waals surface area contributed by atoms with E-state index in [0.717, 1.165) is 0 Å². The number of para-hydroxylation sites is 1. The fraction of sp³-hybridized carbons (Fsp3) is 0.273. The lowest BCUT2D eigenvalue weighted by Crippen LogP contribution is -2.22. The number of benzene rings is 1. The summed E-state index contributed by atoms with van der Waals surface area (Å²) in [7, 11) is 0. The number of ether oxygens (including phenoxy) is 1. The summed E-state index contributed by atoms with van der Waals surface area (Å²) in [6.07, 6.45) is -1.47. The van der Waals surface area contributed by atoms with Gasteiger partial charge in [-0.05, 0) is 13.0 Å². The Morgan fingerprint density at radius 2 is 2.00 bits per heavy atom. The van der Waals surface area contributed by atoms with Crippen molar-refractivity contribution in [2.24, 2.45) is 0 Å². The molecule has 1 atom stereocenters. The average molecular weight is 224 g/mol. The molecule has 0 saturated carbocycles. The lowest BCUT2D eigenvalue weighted by Gasteiger charge is -2.09. The first-order chi connectivity index (χ1) is 7.50. The summed E-state index contributed by atoms with van der Waals surface area (Å²) in [5.41, 5.74) is 0.393. The van der Waals surface area contributed by atoms with Gasteiger partial charge in [-0.25, -0.2) is 4.79 Å². The standard InChI is InChI=1S/C11H12O5/c1-7(12)11(15)16-9-5-3-2-4-8(9)6-10(13)14/h2-5,7,12H,6H2,1H3,(H,13,14). The minimum Gasteiger partial charge on any atom is -0.481 e. The molecular formula is C11H12O5. The molecule has 0 radical (unpaired) electrons. The lowest BCUT2D eigenvalue weighted by atomic mass is 10.1. The number of carboxylic acids is 1. The third-order valence-corrected chi connectivity index (χ3v) is 1.87. The monoisotopic (exact) mass is 224 g/mol. The Kier molecular flexibility index (Phi) is 4.02. The van der Waals surface area contributed by atoms with Gasteiger partial charge in [0.05, 0.1) is 6.42 Å². The van der Waals surface area contributed by atoms with Crippen LogP contribution in [0.5, 0.6) is 5.75 Å². The van der Waals surface area contributed by atoms with Crippen molar-refractivity contribution in [1.29, 1.82) is 0 Å². The van der Waals surface area contributed by atoms with Gasteiger partial charge in [-0.15, -0.1) is 0 Å². The molecule has 0 aromatic heterocycles. The maximum atomic E-state index is 11.1. The third kappa shape index (κ3) is 3.36. The Morgan fingerprint density at radius 1 is 1.38 bits per heavy atom. The van der Waals surface area contributed by atoms with E-state index in [0.29, 0.717) is 5.56 Å². The Morgan fingerprint density at radius 3 is 2.56 bits per heavy atom. The molecule has 5 heteroatoms. The van der Waals surface area contributed by atoms with Crippen LogP contribution in [0.4, 0.5) is 0 Å². The fourth-order valence-electron chi connectivity index (χ4n) is 1.11. The van der Waals surface area contributed by atoms with Crippen LogP contribution in [0.1, 0.15) is 12.5 Å². The molecule has 0 aliphatic heterocycles. The second kappa shape index (κ2) is 5.27. The molecule has 1 rings (SSSR count). The van der Waals surface area contributed by atoms with E-state index in [1.165, 1.54) is 13.0 Å². The number of aliphatic hydroxyl groups excluding tert-OH is 1. The van der Waals surface area contributed by atoms with Crippen molar-refractivity contribution < 1.29 is 24.5 Å². The molecule has 0 fully saturated rings. The molecule has 0 spiro atoms. The van der Waals surface area contributed by atoms with Gasteiger partial charge in [-0.3, -0.25) is 4.79 Å². The maximum Gasteiger partial charge on any atom is 0.340 e. The van der Waals surface area contributed by atoms with Crippen molar-refractivity contribution in [3.05, 3.63) is 29.8 Å². The Balaban J connectivity index is 2.86. The molecule has 1 aromatic carbocycles. The molecule has 1 unspecified atom stereocenters. The number of carboxylic acid groups (broad SMARTS) is 1. The van der Waals surface area contributed by atoms with Gasteiger partial charge >= 0.3 is 11.9 Å². The normalized spacial score (nSPS) is 11.9. The largest absolute Gasteiger partial charge is 0.481 e. The zero-order valence-electron chi connectivity index (χ0n) is 8.71. The topological polar surface area (TPSA) is 83.8 Å². The molecule has 2 N–H and O–H groups in total. The van der Waals surface area contributed by atoms with Gasteiger partial charge in [0.1, 0.15) is 11.9 Å². The van der Waals surface area contributed by atoms with Crippen LogP contribution in [0.15, 0.2) is 24.3 Å². The van der Waals surface area contributed by atoms with E-state index in [9.17, 15) is 9.59 Å². The van der Waals surface area contributed by atoms with E-state index in [4.69, 9.17) is 14.9 Å². The van der Waals surface area contributed by atoms with Crippen LogP contribution in [0.25, 0.3) is 0 Å². The highest BCUT2D eigenvalue weighted by Crippen LogP contribution is 2.19. The first-order valence-corrected chi connectivity index (χ1v) is 4.70. The quantitative estimate of drug-likeness (QED) is 0.578. The van der Waals surface area contributed by atoms with Gasteiger partial charge in [-0.2, -0.15) is 0 Å². The molecule has 1 aromatic rings. The molecule has 0 heterocycles. The van der Waals surface area contributed by atoms with Crippen molar-refractivity contribution >= 4 is 11.9 Å². The van der Waals surface area contributed by atoms with E-state index in [1.54, 1.807) is 18.2 Å². The van der Waals surface area contributed by atoms with Crippen molar-refractivity contribution in [2.75, 3.05) is 0 Å². The predicted octanol–water partition coefficient (Wildman–Crippen LogP) is 0.600.